The molecule has 3 heteroatoms. The molecule has 1 saturated heterocycles. The molecule has 1 N–H and O–H groups in total. The lowest BCUT2D eigenvalue weighted by molar-refractivity contribution is -0.116. The zero-order valence-electron chi connectivity index (χ0n) is 10.7. The number of hydrogen-bond acceptors (Lipinski definition) is 3. The van der Waals surface area contributed by atoms with Crippen molar-refractivity contribution in [3.05, 3.63) is 34.9 Å². The number of nitrogens with zero attached hydrogens (tertiary/aromatic N) is 2. The summed E-state index contributed by atoms with van der Waals surface area (Å²) in [5.74, 6) is 0.552. The molecule has 1 heterocycles. The van der Waals surface area contributed by atoms with Crippen LogP contribution in [0.5, 0.6) is 0 Å². The average Bonchev–Trinajstić information content (AvgIpc) is 3.13. The predicted octanol–water partition coefficient (Wildman–Crippen LogP) is 1.82. The number of rotatable bonds is 3. The van der Waals surface area contributed by atoms with E-state index in [1.165, 1.54) is 18.4 Å². The molecule has 0 amide bonds. The molecule has 0 unspecified atom stereocenters. The van der Waals surface area contributed by atoms with Crippen molar-refractivity contribution < 1.29 is 5.11 Å². The van der Waals surface area contributed by atoms with Gasteiger partial charge in [-0.1, -0.05) is 6.07 Å². The van der Waals surface area contributed by atoms with Gasteiger partial charge >= 0.3 is 0 Å². The third-order valence-electron chi connectivity index (χ3n) is 4.20. The second-order valence-corrected chi connectivity index (χ2v) is 5.78. The Bertz CT molecular complexity index is 508. The lowest BCUT2D eigenvalue weighted by Gasteiger charge is -2.47. The van der Waals surface area contributed by atoms with Crippen molar-refractivity contribution in [3.8, 4) is 6.07 Å². The van der Waals surface area contributed by atoms with Crippen LogP contribution in [0.1, 0.15) is 29.5 Å². The standard InChI is InChI=1S/C15H18N2O/c1-11-6-12(7-16)2-3-13(11)8-17-9-15(18,10-17)14-4-5-14/h2-3,6,14,18H,4-5,8-10H2,1H3. The summed E-state index contributed by atoms with van der Waals surface area (Å²) in [5.41, 5.74) is 2.73. The molecule has 1 aromatic rings. The number of likely N-dealkylation sites (tertiary alicyclic amines) is 1. The molecule has 1 aromatic carbocycles. The summed E-state index contributed by atoms with van der Waals surface area (Å²) < 4.78 is 0. The van der Waals surface area contributed by atoms with Crippen LogP contribution in [0, 0.1) is 24.2 Å². The van der Waals surface area contributed by atoms with Crippen molar-refractivity contribution in [2.75, 3.05) is 13.1 Å². The third kappa shape index (κ3) is 2.03. The highest BCUT2D eigenvalue weighted by atomic mass is 16.3. The van der Waals surface area contributed by atoms with Gasteiger partial charge in [0, 0.05) is 19.6 Å². The molecule has 1 saturated carbocycles. The molecule has 94 valence electrons. The summed E-state index contributed by atoms with van der Waals surface area (Å²) in [6.45, 7) is 4.53. The summed E-state index contributed by atoms with van der Waals surface area (Å²) in [5, 5.41) is 19.1. The van der Waals surface area contributed by atoms with Gasteiger partial charge in [-0.2, -0.15) is 5.26 Å². The van der Waals surface area contributed by atoms with Gasteiger partial charge in [-0.25, -0.2) is 0 Å². The first-order valence-electron chi connectivity index (χ1n) is 6.55. The van der Waals surface area contributed by atoms with E-state index in [-0.39, 0.29) is 0 Å². The van der Waals surface area contributed by atoms with Crippen LogP contribution < -0.4 is 0 Å². The van der Waals surface area contributed by atoms with E-state index in [2.05, 4.69) is 11.0 Å². The fraction of sp³-hybridized carbons (Fsp3) is 0.533. The molecule has 0 spiro atoms. The smallest absolute Gasteiger partial charge is 0.0991 e. The molecule has 2 fully saturated rings. The predicted molar refractivity (Wildman–Crippen MR) is 68.8 cm³/mol. The number of hydrogen-bond donors (Lipinski definition) is 1. The Labute approximate surface area is 108 Å². The van der Waals surface area contributed by atoms with Crippen molar-refractivity contribution >= 4 is 0 Å². The number of β-amino-alcohol motifs (C(OH)–C–C–N with tert-alkyl or cyclic N) is 1. The van der Waals surface area contributed by atoms with Gasteiger partial charge in [-0.3, -0.25) is 4.90 Å². The van der Waals surface area contributed by atoms with Gasteiger partial charge in [0.15, 0.2) is 0 Å². The maximum atomic E-state index is 10.3. The average molecular weight is 242 g/mol. The number of nitriles is 1. The Hall–Kier alpha value is -1.37. The Morgan fingerprint density at radius 1 is 1.44 bits per heavy atom. The van der Waals surface area contributed by atoms with Crippen LogP contribution in [-0.4, -0.2) is 28.7 Å². The van der Waals surface area contributed by atoms with E-state index < -0.39 is 5.60 Å². The van der Waals surface area contributed by atoms with Crippen molar-refractivity contribution in [3.63, 3.8) is 0 Å². The van der Waals surface area contributed by atoms with Gasteiger partial charge in [-0.05, 0) is 48.9 Å². The van der Waals surface area contributed by atoms with E-state index in [1.807, 2.05) is 25.1 Å². The molecule has 0 aromatic heterocycles. The van der Waals surface area contributed by atoms with E-state index in [9.17, 15) is 5.11 Å². The summed E-state index contributed by atoms with van der Waals surface area (Å²) in [6, 6.07) is 7.99. The van der Waals surface area contributed by atoms with Gasteiger partial charge in [0.05, 0.1) is 17.2 Å². The van der Waals surface area contributed by atoms with Crippen molar-refractivity contribution in [1.82, 2.24) is 4.90 Å². The minimum atomic E-state index is -0.402. The van der Waals surface area contributed by atoms with Crippen LogP contribution in [0.25, 0.3) is 0 Å². The molecule has 0 bridgehead atoms. The first-order valence-corrected chi connectivity index (χ1v) is 6.55. The lowest BCUT2D eigenvalue weighted by atomic mass is 9.88. The first-order chi connectivity index (χ1) is 8.60. The molecule has 3 rings (SSSR count). The van der Waals surface area contributed by atoms with Gasteiger partial charge in [-0.15, -0.1) is 0 Å². The Balaban J connectivity index is 1.63. The summed E-state index contributed by atoms with van der Waals surface area (Å²) in [4.78, 5) is 2.28. The van der Waals surface area contributed by atoms with Crippen LogP contribution in [0.2, 0.25) is 0 Å². The largest absolute Gasteiger partial charge is 0.387 e. The highest BCUT2D eigenvalue weighted by molar-refractivity contribution is 5.37. The zero-order chi connectivity index (χ0) is 12.8. The van der Waals surface area contributed by atoms with Crippen LogP contribution in [-0.2, 0) is 6.54 Å². The minimum Gasteiger partial charge on any atom is -0.387 e. The van der Waals surface area contributed by atoms with Crippen molar-refractivity contribution in [2.24, 2.45) is 5.92 Å². The molecule has 0 radical (unpaired) electrons. The maximum Gasteiger partial charge on any atom is 0.0991 e. The SMILES string of the molecule is Cc1cc(C#N)ccc1CN1CC(O)(C2CC2)C1. The number of aryl methyl sites for hydroxylation is 1. The molecule has 0 atom stereocenters. The van der Waals surface area contributed by atoms with Gasteiger partial charge in [0.2, 0.25) is 0 Å². The molecule has 18 heavy (non-hydrogen) atoms. The number of aliphatic hydroxyl groups is 1. The fourth-order valence-electron chi connectivity index (χ4n) is 2.90. The third-order valence-corrected chi connectivity index (χ3v) is 4.20. The second-order valence-electron chi connectivity index (χ2n) is 5.78. The van der Waals surface area contributed by atoms with Crippen LogP contribution in [0.4, 0.5) is 0 Å². The van der Waals surface area contributed by atoms with Crippen LogP contribution in [0.15, 0.2) is 18.2 Å². The normalized spacial score (nSPS) is 22.3. The van der Waals surface area contributed by atoms with E-state index >= 15 is 0 Å². The topological polar surface area (TPSA) is 47.3 Å². The van der Waals surface area contributed by atoms with E-state index in [1.54, 1.807) is 0 Å². The van der Waals surface area contributed by atoms with E-state index in [0.29, 0.717) is 11.5 Å². The second kappa shape index (κ2) is 4.08. The Kier molecular flexibility index (Phi) is 2.65. The molecule has 2 aliphatic rings. The zero-order valence-corrected chi connectivity index (χ0v) is 10.7. The van der Waals surface area contributed by atoms with E-state index in [0.717, 1.165) is 25.2 Å². The summed E-state index contributed by atoms with van der Waals surface area (Å²) in [6.07, 6.45) is 2.39. The molecule has 1 aliphatic heterocycles. The fourth-order valence-corrected chi connectivity index (χ4v) is 2.90. The first kappa shape index (κ1) is 11.7. The molecular formula is C15H18N2O. The van der Waals surface area contributed by atoms with Crippen LogP contribution in [0.3, 0.4) is 0 Å². The summed E-state index contributed by atoms with van der Waals surface area (Å²) >= 11 is 0. The monoisotopic (exact) mass is 242 g/mol. The summed E-state index contributed by atoms with van der Waals surface area (Å²) in [7, 11) is 0. The minimum absolute atomic E-state index is 0.402. The maximum absolute atomic E-state index is 10.3. The van der Waals surface area contributed by atoms with Crippen molar-refractivity contribution in [1.29, 1.82) is 5.26 Å². The molecule has 3 nitrogen and oxygen atoms in total. The van der Waals surface area contributed by atoms with Gasteiger partial charge in [0.1, 0.15) is 0 Å². The van der Waals surface area contributed by atoms with Crippen molar-refractivity contribution in [2.45, 2.75) is 31.9 Å². The lowest BCUT2D eigenvalue weighted by Crippen LogP contribution is -2.62. The highest BCUT2D eigenvalue weighted by Crippen LogP contribution is 2.44. The van der Waals surface area contributed by atoms with E-state index in [4.69, 9.17) is 5.26 Å². The molecule has 1 aliphatic carbocycles. The highest BCUT2D eigenvalue weighted by Gasteiger charge is 2.51. The van der Waals surface area contributed by atoms with Gasteiger partial charge < -0.3 is 5.11 Å². The molecular weight excluding hydrogens is 224 g/mol. The quantitative estimate of drug-likeness (QED) is 0.879. The Morgan fingerprint density at radius 3 is 2.72 bits per heavy atom. The Morgan fingerprint density at radius 2 is 2.17 bits per heavy atom. The van der Waals surface area contributed by atoms with Gasteiger partial charge in [0.25, 0.3) is 0 Å². The van der Waals surface area contributed by atoms with Crippen LogP contribution >= 0.6 is 0 Å². The number of benzene rings is 1.